The van der Waals surface area contributed by atoms with E-state index in [1.807, 2.05) is 0 Å². The highest BCUT2D eigenvalue weighted by atomic mass is 32.2. The molecule has 0 aromatic heterocycles. The van der Waals surface area contributed by atoms with Crippen molar-refractivity contribution in [3.8, 4) is 0 Å². The van der Waals surface area contributed by atoms with Crippen LogP contribution in [0.4, 0.5) is 26.3 Å². The monoisotopic (exact) mass is 328 g/mol. The molecular weight excluding hydrogens is 322 g/mol. The molecule has 0 aliphatic carbocycles. The van der Waals surface area contributed by atoms with Crippen molar-refractivity contribution >= 4 is 29.6 Å². The van der Waals surface area contributed by atoms with E-state index in [1.54, 1.807) is 30.3 Å². The lowest BCUT2D eigenvalue weighted by Gasteiger charge is -2.10. The van der Waals surface area contributed by atoms with E-state index >= 15 is 0 Å². The van der Waals surface area contributed by atoms with E-state index in [0.29, 0.717) is 5.56 Å². The summed E-state index contributed by atoms with van der Waals surface area (Å²) in [4.78, 5) is -3.20. The standard InChI is InChI=1S/C12H6F6S2/c13-11(14,15)9-10(12(16,17)18)20-8(19-9)6-7-4-2-1-3-5-7/h1-6H. The summed E-state index contributed by atoms with van der Waals surface area (Å²) in [6.45, 7) is 0. The minimum atomic E-state index is -5.01. The Morgan fingerprint density at radius 2 is 1.20 bits per heavy atom. The van der Waals surface area contributed by atoms with Gasteiger partial charge in [0.1, 0.15) is 9.81 Å². The van der Waals surface area contributed by atoms with Crippen molar-refractivity contribution in [3.05, 3.63) is 49.9 Å². The summed E-state index contributed by atoms with van der Waals surface area (Å²) in [5, 5.41) is 0. The number of hydrogen-bond donors (Lipinski definition) is 0. The van der Waals surface area contributed by atoms with Crippen molar-refractivity contribution in [2.75, 3.05) is 0 Å². The Morgan fingerprint density at radius 1 is 0.750 bits per heavy atom. The van der Waals surface area contributed by atoms with Gasteiger partial charge in [-0.15, -0.1) is 0 Å². The molecule has 0 atom stereocenters. The molecule has 8 heteroatoms. The Hall–Kier alpha value is -1.02. The average molecular weight is 328 g/mol. The van der Waals surface area contributed by atoms with Crippen molar-refractivity contribution in [2.24, 2.45) is 0 Å². The van der Waals surface area contributed by atoms with Gasteiger partial charge in [-0.2, -0.15) is 26.3 Å². The molecule has 0 bridgehead atoms. The Balaban J connectivity index is 2.33. The normalized spacial score (nSPS) is 16.8. The summed E-state index contributed by atoms with van der Waals surface area (Å²) in [6.07, 6.45) is -8.70. The van der Waals surface area contributed by atoms with Crippen molar-refractivity contribution in [1.29, 1.82) is 0 Å². The number of rotatable bonds is 1. The Morgan fingerprint density at radius 3 is 1.60 bits per heavy atom. The molecule has 0 fully saturated rings. The average Bonchev–Trinajstić information content (AvgIpc) is 2.74. The minimum absolute atomic E-state index is 0.0455. The van der Waals surface area contributed by atoms with Crippen molar-refractivity contribution < 1.29 is 26.3 Å². The third-order valence-corrected chi connectivity index (χ3v) is 4.76. The van der Waals surface area contributed by atoms with Gasteiger partial charge in [-0.3, -0.25) is 0 Å². The van der Waals surface area contributed by atoms with Crippen LogP contribution in [0.3, 0.4) is 0 Å². The molecule has 0 radical (unpaired) electrons. The van der Waals surface area contributed by atoms with Gasteiger partial charge in [-0.1, -0.05) is 53.9 Å². The molecule has 0 unspecified atom stereocenters. The van der Waals surface area contributed by atoms with Gasteiger partial charge >= 0.3 is 12.4 Å². The Kier molecular flexibility index (Phi) is 4.15. The molecule has 1 aliphatic heterocycles. The van der Waals surface area contributed by atoms with Gasteiger partial charge in [0.2, 0.25) is 0 Å². The molecule has 108 valence electrons. The summed E-state index contributed by atoms with van der Waals surface area (Å²) < 4.78 is 75.8. The van der Waals surface area contributed by atoms with Crippen molar-refractivity contribution in [3.63, 3.8) is 0 Å². The molecule has 2 rings (SSSR count). The zero-order valence-electron chi connectivity index (χ0n) is 9.55. The van der Waals surface area contributed by atoms with Gasteiger partial charge in [0, 0.05) is 0 Å². The van der Waals surface area contributed by atoms with Crippen LogP contribution in [0.15, 0.2) is 44.4 Å². The van der Waals surface area contributed by atoms with Crippen LogP contribution in [0.2, 0.25) is 0 Å². The molecule has 1 aliphatic rings. The maximum absolute atomic E-state index is 12.6. The first-order valence-corrected chi connectivity index (χ1v) is 6.82. The van der Waals surface area contributed by atoms with Crippen LogP contribution in [-0.4, -0.2) is 12.4 Å². The molecule has 1 heterocycles. The van der Waals surface area contributed by atoms with Gasteiger partial charge in [-0.05, 0) is 11.6 Å². The fourth-order valence-corrected chi connectivity index (χ4v) is 3.79. The predicted octanol–water partition coefficient (Wildman–Crippen LogP) is 5.80. The number of allylic oxidation sites excluding steroid dienone is 2. The summed E-state index contributed by atoms with van der Waals surface area (Å²) in [5.41, 5.74) is 0.549. The van der Waals surface area contributed by atoms with Crippen LogP contribution >= 0.6 is 23.5 Å². The zero-order chi connectivity index (χ0) is 15.0. The molecule has 0 spiro atoms. The predicted molar refractivity (Wildman–Crippen MR) is 68.7 cm³/mol. The first kappa shape index (κ1) is 15.4. The van der Waals surface area contributed by atoms with E-state index in [2.05, 4.69) is 0 Å². The van der Waals surface area contributed by atoms with Crippen LogP contribution in [0, 0.1) is 0 Å². The molecule has 0 amide bonds. The highest BCUT2D eigenvalue weighted by molar-refractivity contribution is 8.28. The third-order valence-electron chi connectivity index (χ3n) is 2.21. The SMILES string of the molecule is FC(F)(F)C1=C(C(F)(F)F)SC(=Cc2ccccc2)S1. The second-order valence-corrected chi connectivity index (χ2v) is 6.09. The van der Waals surface area contributed by atoms with Gasteiger partial charge < -0.3 is 0 Å². The van der Waals surface area contributed by atoms with Gasteiger partial charge in [0.25, 0.3) is 0 Å². The van der Waals surface area contributed by atoms with Crippen LogP contribution in [0.25, 0.3) is 6.08 Å². The lowest BCUT2D eigenvalue weighted by molar-refractivity contribution is -0.103. The fourth-order valence-electron chi connectivity index (χ4n) is 1.43. The number of halogens is 6. The number of thioether (sulfide) groups is 2. The van der Waals surface area contributed by atoms with Crippen molar-refractivity contribution in [2.45, 2.75) is 12.4 Å². The highest BCUT2D eigenvalue weighted by Crippen LogP contribution is 2.59. The maximum atomic E-state index is 12.6. The van der Waals surface area contributed by atoms with E-state index in [-0.39, 0.29) is 27.8 Å². The molecule has 20 heavy (non-hydrogen) atoms. The topological polar surface area (TPSA) is 0 Å². The summed E-state index contributed by atoms with van der Waals surface area (Å²) in [7, 11) is 0. The summed E-state index contributed by atoms with van der Waals surface area (Å²) >= 11 is 0.212. The maximum Gasteiger partial charge on any atom is 0.423 e. The highest BCUT2D eigenvalue weighted by Gasteiger charge is 2.50. The second-order valence-electron chi connectivity index (χ2n) is 3.73. The van der Waals surface area contributed by atoms with Crippen LogP contribution < -0.4 is 0 Å². The van der Waals surface area contributed by atoms with E-state index in [9.17, 15) is 26.3 Å². The number of benzene rings is 1. The van der Waals surface area contributed by atoms with Crippen molar-refractivity contribution in [1.82, 2.24) is 0 Å². The number of alkyl halides is 6. The second kappa shape index (κ2) is 5.40. The lowest BCUT2D eigenvalue weighted by atomic mass is 10.2. The summed E-state index contributed by atoms with van der Waals surface area (Å²) in [6, 6.07) is 8.22. The lowest BCUT2D eigenvalue weighted by Crippen LogP contribution is -2.16. The molecule has 0 N–H and O–H groups in total. The zero-order valence-corrected chi connectivity index (χ0v) is 11.2. The van der Waals surface area contributed by atoms with Gasteiger partial charge in [-0.25, -0.2) is 0 Å². The largest absolute Gasteiger partial charge is 0.423 e. The first-order chi connectivity index (χ1) is 9.18. The molecule has 1 aromatic carbocycles. The smallest absolute Gasteiger partial charge is 0.166 e. The molecule has 1 aromatic rings. The molecule has 0 nitrogen and oxygen atoms in total. The molecule has 0 saturated carbocycles. The number of hydrogen-bond acceptors (Lipinski definition) is 2. The Bertz CT molecular complexity index is 526. The van der Waals surface area contributed by atoms with Crippen LogP contribution in [0.1, 0.15) is 5.56 Å². The van der Waals surface area contributed by atoms with E-state index in [1.165, 1.54) is 6.08 Å². The van der Waals surface area contributed by atoms with Crippen LogP contribution in [-0.2, 0) is 0 Å². The minimum Gasteiger partial charge on any atom is -0.166 e. The fraction of sp³-hybridized carbons (Fsp3) is 0.167. The quantitative estimate of drug-likeness (QED) is 0.597. The third kappa shape index (κ3) is 3.54. The molecule has 0 saturated heterocycles. The van der Waals surface area contributed by atoms with Gasteiger partial charge in [0.05, 0.1) is 4.24 Å². The Labute approximate surface area is 118 Å². The first-order valence-electron chi connectivity index (χ1n) is 5.19. The van der Waals surface area contributed by atoms with E-state index in [0.717, 1.165) is 0 Å². The van der Waals surface area contributed by atoms with E-state index < -0.39 is 22.2 Å². The van der Waals surface area contributed by atoms with E-state index in [4.69, 9.17) is 0 Å². The summed E-state index contributed by atoms with van der Waals surface area (Å²) in [5.74, 6) is 0. The molecular formula is C12H6F6S2. The van der Waals surface area contributed by atoms with Crippen LogP contribution in [0.5, 0.6) is 0 Å². The van der Waals surface area contributed by atoms with Gasteiger partial charge in [0.15, 0.2) is 0 Å².